The summed E-state index contributed by atoms with van der Waals surface area (Å²) in [5, 5.41) is 1.47. The number of likely N-dealkylation sites (tertiary alicyclic amines) is 1. The third kappa shape index (κ3) is 3.13. The second-order valence-corrected chi connectivity index (χ2v) is 5.43. The molecule has 0 saturated carbocycles. The zero-order valence-corrected chi connectivity index (χ0v) is 11.1. The van der Waals surface area contributed by atoms with Crippen molar-refractivity contribution in [3.8, 4) is 0 Å². The van der Waals surface area contributed by atoms with Gasteiger partial charge in [0.25, 0.3) is 0 Å². The Morgan fingerprint density at radius 1 is 1.25 bits per heavy atom. The molecule has 0 N–H and O–H groups in total. The van der Waals surface area contributed by atoms with Crippen LogP contribution in [0.5, 0.6) is 0 Å². The van der Waals surface area contributed by atoms with Gasteiger partial charge < -0.3 is 4.90 Å². The molecule has 0 amide bonds. The van der Waals surface area contributed by atoms with Gasteiger partial charge in [0, 0.05) is 22.6 Å². The van der Waals surface area contributed by atoms with Crippen LogP contribution in [0, 0.1) is 0 Å². The van der Waals surface area contributed by atoms with Crippen LogP contribution in [0.2, 0.25) is 10.0 Å². The third-order valence-corrected chi connectivity index (χ3v) is 3.74. The zero-order chi connectivity index (χ0) is 11.5. The molecule has 0 bridgehead atoms. The van der Waals surface area contributed by atoms with Crippen molar-refractivity contribution in [3.63, 3.8) is 0 Å². The fourth-order valence-corrected chi connectivity index (χ4v) is 2.92. The van der Waals surface area contributed by atoms with E-state index in [1.54, 1.807) is 6.07 Å². The number of rotatable bonds is 3. The van der Waals surface area contributed by atoms with Crippen molar-refractivity contribution in [3.05, 3.63) is 33.8 Å². The molecule has 1 nitrogen and oxygen atoms in total. The molecule has 1 atom stereocenters. The number of hydrogen-bond donors (Lipinski definition) is 0. The normalized spacial score (nSPS) is 21.6. The van der Waals surface area contributed by atoms with E-state index >= 15 is 0 Å². The second kappa shape index (κ2) is 5.39. The first kappa shape index (κ1) is 12.2. The molecule has 0 aromatic heterocycles. The first-order valence-electron chi connectivity index (χ1n) is 5.84. The summed E-state index contributed by atoms with van der Waals surface area (Å²) in [6.45, 7) is 4.64. The lowest BCUT2D eigenvalue weighted by atomic mass is 10.1. The number of halogens is 2. The lowest BCUT2D eigenvalue weighted by molar-refractivity contribution is 0.272. The van der Waals surface area contributed by atoms with Crippen molar-refractivity contribution in [2.45, 2.75) is 32.2 Å². The van der Waals surface area contributed by atoms with E-state index < -0.39 is 0 Å². The van der Waals surface area contributed by atoms with Crippen LogP contribution in [0.1, 0.15) is 25.3 Å². The third-order valence-electron chi connectivity index (χ3n) is 3.30. The van der Waals surface area contributed by atoms with Gasteiger partial charge in [-0.1, -0.05) is 23.2 Å². The van der Waals surface area contributed by atoms with Gasteiger partial charge in [-0.25, -0.2) is 0 Å². The van der Waals surface area contributed by atoms with Crippen molar-refractivity contribution in [1.82, 2.24) is 4.90 Å². The average molecular weight is 258 g/mol. The second-order valence-electron chi connectivity index (χ2n) is 4.55. The largest absolute Gasteiger partial charge is 0.300 e. The van der Waals surface area contributed by atoms with Gasteiger partial charge in [0.15, 0.2) is 0 Å². The minimum atomic E-state index is 0.731. The molecule has 0 aliphatic carbocycles. The van der Waals surface area contributed by atoms with Crippen LogP contribution in [0.3, 0.4) is 0 Å². The number of nitrogens with zero attached hydrogens (tertiary/aromatic N) is 1. The molecule has 3 heteroatoms. The zero-order valence-electron chi connectivity index (χ0n) is 9.55. The van der Waals surface area contributed by atoms with Gasteiger partial charge in [0.1, 0.15) is 0 Å². The summed E-state index contributed by atoms with van der Waals surface area (Å²) in [5.41, 5.74) is 1.23. The predicted octanol–water partition coefficient (Wildman–Crippen LogP) is 4.02. The molecule has 0 spiro atoms. The number of benzene rings is 1. The Balaban J connectivity index is 1.94. The molecule has 1 fully saturated rings. The maximum atomic E-state index is 5.98. The highest BCUT2D eigenvalue weighted by atomic mass is 35.5. The van der Waals surface area contributed by atoms with Crippen molar-refractivity contribution in [2.75, 3.05) is 13.1 Å². The Morgan fingerprint density at radius 2 is 1.94 bits per heavy atom. The van der Waals surface area contributed by atoms with E-state index in [0.717, 1.165) is 29.1 Å². The summed E-state index contributed by atoms with van der Waals surface area (Å²) in [4.78, 5) is 2.54. The van der Waals surface area contributed by atoms with E-state index in [1.807, 2.05) is 12.1 Å². The lowest BCUT2D eigenvalue weighted by Crippen LogP contribution is -2.28. The molecule has 1 saturated heterocycles. The molecular weight excluding hydrogens is 241 g/mol. The summed E-state index contributed by atoms with van der Waals surface area (Å²) in [5.74, 6) is 0. The highest BCUT2D eigenvalue weighted by molar-refractivity contribution is 6.34. The summed E-state index contributed by atoms with van der Waals surface area (Å²) in [7, 11) is 0. The van der Waals surface area contributed by atoms with E-state index in [0.29, 0.717) is 0 Å². The monoisotopic (exact) mass is 257 g/mol. The molecule has 0 unspecified atom stereocenters. The van der Waals surface area contributed by atoms with E-state index in [4.69, 9.17) is 23.2 Å². The minimum Gasteiger partial charge on any atom is -0.300 e. The van der Waals surface area contributed by atoms with Gasteiger partial charge in [0.05, 0.1) is 0 Å². The van der Waals surface area contributed by atoms with Crippen LogP contribution in [0.4, 0.5) is 0 Å². The number of hydrogen-bond acceptors (Lipinski definition) is 1. The SMILES string of the molecule is C[C@@H]1CCCN1CCc1cc(Cl)cc(Cl)c1. The Kier molecular flexibility index (Phi) is 4.12. The summed E-state index contributed by atoms with van der Waals surface area (Å²) in [6.07, 6.45) is 3.69. The maximum Gasteiger partial charge on any atom is 0.0423 e. The minimum absolute atomic E-state index is 0.731. The summed E-state index contributed by atoms with van der Waals surface area (Å²) < 4.78 is 0. The van der Waals surface area contributed by atoms with Gasteiger partial charge >= 0.3 is 0 Å². The van der Waals surface area contributed by atoms with Crippen molar-refractivity contribution in [1.29, 1.82) is 0 Å². The molecule has 1 aliphatic heterocycles. The summed E-state index contributed by atoms with van der Waals surface area (Å²) >= 11 is 12.0. The Morgan fingerprint density at radius 3 is 2.50 bits per heavy atom. The van der Waals surface area contributed by atoms with E-state index in [-0.39, 0.29) is 0 Å². The molecule has 1 heterocycles. The van der Waals surface area contributed by atoms with Crippen LogP contribution < -0.4 is 0 Å². The average Bonchev–Trinajstić information content (AvgIpc) is 2.59. The lowest BCUT2D eigenvalue weighted by Gasteiger charge is -2.20. The fourth-order valence-electron chi connectivity index (χ4n) is 2.35. The first-order valence-corrected chi connectivity index (χ1v) is 6.60. The van der Waals surface area contributed by atoms with Gasteiger partial charge in [-0.05, 0) is 56.5 Å². The highest BCUT2D eigenvalue weighted by Crippen LogP contribution is 2.21. The quantitative estimate of drug-likeness (QED) is 0.791. The van der Waals surface area contributed by atoms with Gasteiger partial charge in [0.2, 0.25) is 0 Å². The van der Waals surface area contributed by atoms with Crippen molar-refractivity contribution in [2.24, 2.45) is 0 Å². The molecule has 16 heavy (non-hydrogen) atoms. The van der Waals surface area contributed by atoms with Crippen molar-refractivity contribution >= 4 is 23.2 Å². The Hall–Kier alpha value is -0.240. The smallest absolute Gasteiger partial charge is 0.0423 e. The molecule has 88 valence electrons. The van der Waals surface area contributed by atoms with E-state index in [9.17, 15) is 0 Å². The molecule has 1 aromatic carbocycles. The topological polar surface area (TPSA) is 3.24 Å². The molecular formula is C13H17Cl2N. The van der Waals surface area contributed by atoms with Gasteiger partial charge in [-0.2, -0.15) is 0 Å². The molecule has 1 aliphatic rings. The maximum absolute atomic E-state index is 5.98. The predicted molar refractivity (Wildman–Crippen MR) is 70.4 cm³/mol. The van der Waals surface area contributed by atoms with Crippen molar-refractivity contribution < 1.29 is 0 Å². The fraction of sp³-hybridized carbons (Fsp3) is 0.538. The van der Waals surface area contributed by atoms with E-state index in [2.05, 4.69) is 11.8 Å². The van der Waals surface area contributed by atoms with E-state index in [1.165, 1.54) is 24.9 Å². The van der Waals surface area contributed by atoms with Gasteiger partial charge in [-0.15, -0.1) is 0 Å². The standard InChI is InChI=1S/C13H17Cl2N/c1-10-3-2-5-16(10)6-4-11-7-12(14)9-13(15)8-11/h7-10H,2-6H2,1H3/t10-/m1/s1. The molecule has 0 radical (unpaired) electrons. The Labute approximate surface area is 107 Å². The molecule has 1 aromatic rings. The molecule has 2 rings (SSSR count). The van der Waals surface area contributed by atoms with Crippen LogP contribution in [0.15, 0.2) is 18.2 Å². The highest BCUT2D eigenvalue weighted by Gasteiger charge is 2.19. The van der Waals surface area contributed by atoms with Crippen LogP contribution >= 0.6 is 23.2 Å². The first-order chi connectivity index (χ1) is 7.65. The Bertz CT molecular complexity index is 345. The van der Waals surface area contributed by atoms with Crippen LogP contribution in [-0.4, -0.2) is 24.0 Å². The summed E-state index contributed by atoms with van der Waals surface area (Å²) in [6, 6.07) is 6.53. The van der Waals surface area contributed by atoms with Crippen LogP contribution in [0.25, 0.3) is 0 Å². The van der Waals surface area contributed by atoms with Crippen LogP contribution in [-0.2, 0) is 6.42 Å². The van der Waals surface area contributed by atoms with Gasteiger partial charge in [-0.3, -0.25) is 0 Å².